The van der Waals surface area contributed by atoms with Crippen LogP contribution in [0, 0.1) is 5.92 Å². The van der Waals surface area contributed by atoms with Gasteiger partial charge in [0, 0.05) is 32.6 Å². The van der Waals surface area contributed by atoms with Crippen molar-refractivity contribution in [2.24, 2.45) is 5.92 Å². The molecule has 184 valence electrons. The van der Waals surface area contributed by atoms with E-state index in [2.05, 4.69) is 20.4 Å². The minimum atomic E-state index is -0.0890. The molecule has 1 N–H and O–H groups in total. The van der Waals surface area contributed by atoms with Crippen LogP contribution < -0.4 is 24.6 Å². The lowest BCUT2D eigenvalue weighted by Gasteiger charge is -2.31. The summed E-state index contributed by atoms with van der Waals surface area (Å²) in [5, 5.41) is 13.1. The van der Waals surface area contributed by atoms with E-state index in [1.54, 1.807) is 4.90 Å². The standard InChI is InChI=1S/C24H33N5O4S/c1-3-32-19-10-9-17(15-20(19)33-4-2)11-12-25-22(31)18-7-5-13-28(16-18)23-26-27-24(34-23)29-14-6-8-21(29)30/h9-10,15,18H,3-8,11-14,16H2,1-2H3,(H,25,31)/t18-/m1/s1. The first-order valence-electron chi connectivity index (χ1n) is 12.1. The van der Waals surface area contributed by atoms with E-state index in [4.69, 9.17) is 9.47 Å². The number of rotatable bonds is 10. The Morgan fingerprint density at radius 3 is 2.68 bits per heavy atom. The number of amides is 2. The number of hydrogen-bond acceptors (Lipinski definition) is 8. The fraction of sp³-hybridized carbons (Fsp3) is 0.583. The molecular weight excluding hydrogens is 454 g/mol. The Balaban J connectivity index is 1.29. The van der Waals surface area contributed by atoms with E-state index in [-0.39, 0.29) is 17.7 Å². The van der Waals surface area contributed by atoms with Crippen molar-refractivity contribution < 1.29 is 19.1 Å². The Labute approximate surface area is 204 Å². The van der Waals surface area contributed by atoms with Crippen LogP contribution in [-0.4, -0.2) is 61.4 Å². The highest BCUT2D eigenvalue weighted by Crippen LogP contribution is 2.32. The molecule has 1 aromatic carbocycles. The molecular formula is C24H33N5O4S. The van der Waals surface area contributed by atoms with Crippen molar-refractivity contribution in [2.45, 2.75) is 46.0 Å². The van der Waals surface area contributed by atoms with Crippen molar-refractivity contribution in [1.82, 2.24) is 15.5 Å². The second-order valence-electron chi connectivity index (χ2n) is 8.49. The predicted octanol–water partition coefficient (Wildman–Crippen LogP) is 3.04. The normalized spacial score (nSPS) is 18.3. The summed E-state index contributed by atoms with van der Waals surface area (Å²) < 4.78 is 11.3. The van der Waals surface area contributed by atoms with Gasteiger partial charge in [-0.15, -0.1) is 10.2 Å². The van der Waals surface area contributed by atoms with E-state index in [9.17, 15) is 9.59 Å². The second-order valence-corrected chi connectivity index (χ2v) is 9.42. The largest absolute Gasteiger partial charge is 0.490 e. The number of hydrogen-bond donors (Lipinski definition) is 1. The summed E-state index contributed by atoms with van der Waals surface area (Å²) in [7, 11) is 0. The van der Waals surface area contributed by atoms with E-state index >= 15 is 0 Å². The Kier molecular flexibility index (Phi) is 8.21. The number of carbonyl (C=O) groups is 2. The molecule has 1 aromatic heterocycles. The monoisotopic (exact) mass is 487 g/mol. The average molecular weight is 488 g/mol. The van der Waals surface area contributed by atoms with Gasteiger partial charge in [-0.05, 0) is 57.2 Å². The SMILES string of the molecule is CCOc1ccc(CCNC(=O)[C@@H]2CCCN(c3nnc(N4CCCC4=O)s3)C2)cc1OCC. The highest BCUT2D eigenvalue weighted by Gasteiger charge is 2.30. The van der Waals surface area contributed by atoms with Crippen molar-refractivity contribution >= 4 is 33.4 Å². The predicted molar refractivity (Wildman–Crippen MR) is 132 cm³/mol. The molecule has 2 aliphatic rings. The molecule has 0 saturated carbocycles. The third kappa shape index (κ3) is 5.78. The van der Waals surface area contributed by atoms with Gasteiger partial charge in [-0.25, -0.2) is 0 Å². The van der Waals surface area contributed by atoms with Crippen LogP contribution in [-0.2, 0) is 16.0 Å². The lowest BCUT2D eigenvalue weighted by atomic mass is 9.97. The number of anilines is 2. The molecule has 3 heterocycles. The number of nitrogens with one attached hydrogen (secondary N) is 1. The van der Waals surface area contributed by atoms with Crippen LogP contribution in [0.15, 0.2) is 18.2 Å². The smallest absolute Gasteiger partial charge is 0.228 e. The number of nitrogens with zero attached hydrogens (tertiary/aromatic N) is 4. The van der Waals surface area contributed by atoms with Crippen molar-refractivity contribution in [3.8, 4) is 11.5 Å². The maximum atomic E-state index is 12.9. The third-order valence-corrected chi connectivity index (χ3v) is 7.10. The second kappa shape index (κ2) is 11.5. The summed E-state index contributed by atoms with van der Waals surface area (Å²) in [6.07, 6.45) is 3.94. The molecule has 2 saturated heterocycles. The summed E-state index contributed by atoms with van der Waals surface area (Å²) >= 11 is 1.43. The van der Waals surface area contributed by atoms with Gasteiger partial charge >= 0.3 is 0 Å². The van der Waals surface area contributed by atoms with E-state index < -0.39 is 0 Å². The van der Waals surface area contributed by atoms with E-state index in [0.29, 0.717) is 44.4 Å². The number of carbonyl (C=O) groups excluding carboxylic acids is 2. The van der Waals surface area contributed by atoms with E-state index in [1.165, 1.54) is 11.3 Å². The van der Waals surface area contributed by atoms with E-state index in [1.807, 2.05) is 32.0 Å². The summed E-state index contributed by atoms with van der Waals surface area (Å²) in [4.78, 5) is 28.7. The van der Waals surface area contributed by atoms with E-state index in [0.717, 1.165) is 54.4 Å². The first-order chi connectivity index (χ1) is 16.6. The summed E-state index contributed by atoms with van der Waals surface area (Å²) in [5.41, 5.74) is 1.09. The van der Waals surface area contributed by atoms with Crippen LogP contribution in [0.25, 0.3) is 0 Å². The average Bonchev–Trinajstić information content (AvgIpc) is 3.50. The van der Waals surface area contributed by atoms with Gasteiger partial charge in [-0.1, -0.05) is 17.4 Å². The van der Waals surface area contributed by atoms with Gasteiger partial charge in [0.1, 0.15) is 0 Å². The van der Waals surface area contributed by atoms with Gasteiger partial charge in [0.25, 0.3) is 0 Å². The fourth-order valence-corrected chi connectivity index (χ4v) is 5.31. The Morgan fingerprint density at radius 1 is 1.12 bits per heavy atom. The zero-order chi connectivity index (χ0) is 23.9. The van der Waals surface area contributed by atoms with Crippen LogP contribution in [0.4, 0.5) is 10.3 Å². The maximum Gasteiger partial charge on any atom is 0.228 e. The quantitative estimate of drug-likeness (QED) is 0.550. The molecule has 0 spiro atoms. The number of piperidine rings is 1. The molecule has 0 radical (unpaired) electrons. The highest BCUT2D eigenvalue weighted by atomic mass is 32.1. The Bertz CT molecular complexity index is 997. The number of ether oxygens (including phenoxy) is 2. The van der Waals surface area contributed by atoms with Gasteiger partial charge in [0.15, 0.2) is 11.5 Å². The number of aromatic nitrogens is 2. The molecule has 34 heavy (non-hydrogen) atoms. The van der Waals surface area contributed by atoms with Crippen LogP contribution in [0.2, 0.25) is 0 Å². The topological polar surface area (TPSA) is 96.9 Å². The molecule has 0 aliphatic carbocycles. The molecule has 2 aromatic rings. The molecule has 9 nitrogen and oxygen atoms in total. The third-order valence-electron chi connectivity index (χ3n) is 6.09. The lowest BCUT2D eigenvalue weighted by Crippen LogP contribution is -2.43. The highest BCUT2D eigenvalue weighted by molar-refractivity contribution is 7.19. The van der Waals surface area contributed by atoms with Gasteiger partial charge in [0.2, 0.25) is 22.1 Å². The van der Waals surface area contributed by atoms with Crippen molar-refractivity contribution in [3.63, 3.8) is 0 Å². The van der Waals surface area contributed by atoms with Crippen molar-refractivity contribution in [1.29, 1.82) is 0 Å². The summed E-state index contributed by atoms with van der Waals surface area (Å²) in [6, 6.07) is 5.93. The van der Waals surface area contributed by atoms with Gasteiger partial charge in [0.05, 0.1) is 19.1 Å². The molecule has 2 aliphatic heterocycles. The summed E-state index contributed by atoms with van der Waals surface area (Å²) in [5.74, 6) is 1.57. The molecule has 1 atom stereocenters. The summed E-state index contributed by atoms with van der Waals surface area (Å²) in [6.45, 7) is 7.79. The minimum Gasteiger partial charge on any atom is -0.490 e. The molecule has 4 rings (SSSR count). The Morgan fingerprint density at radius 2 is 1.91 bits per heavy atom. The lowest BCUT2D eigenvalue weighted by molar-refractivity contribution is -0.125. The number of benzene rings is 1. The molecule has 2 amide bonds. The van der Waals surface area contributed by atoms with Crippen LogP contribution in [0.3, 0.4) is 0 Å². The maximum absolute atomic E-state index is 12.9. The van der Waals surface area contributed by atoms with Gasteiger partial charge in [-0.3, -0.25) is 14.5 Å². The van der Waals surface area contributed by atoms with Crippen molar-refractivity contribution in [2.75, 3.05) is 49.2 Å². The Hall–Kier alpha value is -2.88. The molecule has 0 unspecified atom stereocenters. The molecule has 10 heteroatoms. The zero-order valence-electron chi connectivity index (χ0n) is 19.9. The molecule has 2 fully saturated rings. The first-order valence-corrected chi connectivity index (χ1v) is 13.0. The van der Waals surface area contributed by atoms with Gasteiger partial charge in [-0.2, -0.15) is 0 Å². The first kappa shape index (κ1) is 24.3. The minimum absolute atomic E-state index is 0.0696. The van der Waals surface area contributed by atoms with Crippen LogP contribution >= 0.6 is 11.3 Å². The van der Waals surface area contributed by atoms with Crippen molar-refractivity contribution in [3.05, 3.63) is 23.8 Å². The molecule has 0 bridgehead atoms. The van der Waals surface area contributed by atoms with Crippen LogP contribution in [0.1, 0.15) is 45.1 Å². The fourth-order valence-electron chi connectivity index (χ4n) is 4.39. The van der Waals surface area contributed by atoms with Crippen LogP contribution in [0.5, 0.6) is 11.5 Å². The zero-order valence-corrected chi connectivity index (χ0v) is 20.7. The van der Waals surface area contributed by atoms with Gasteiger partial charge < -0.3 is 19.7 Å².